The summed E-state index contributed by atoms with van der Waals surface area (Å²) in [4.78, 5) is 17.7. The van der Waals surface area contributed by atoms with Crippen molar-refractivity contribution in [1.82, 2.24) is 4.90 Å². The Labute approximate surface area is 157 Å². The molecule has 0 bridgehead atoms. The van der Waals surface area contributed by atoms with E-state index in [1.165, 1.54) is 28.2 Å². The van der Waals surface area contributed by atoms with Crippen LogP contribution in [0.2, 0.25) is 0 Å². The smallest absolute Gasteiger partial charge is 0.249 e. The Morgan fingerprint density at radius 3 is 3.00 bits per heavy atom. The molecule has 4 rings (SSSR count). The first-order valence-electron chi connectivity index (χ1n) is 9.23. The number of thiophene rings is 2. The predicted molar refractivity (Wildman–Crippen MR) is 103 cm³/mol. The van der Waals surface area contributed by atoms with Crippen molar-refractivity contribution < 1.29 is 9.53 Å². The number of hydrogen-bond acceptors (Lipinski definition) is 4. The molecule has 1 aliphatic heterocycles. The van der Waals surface area contributed by atoms with Gasteiger partial charge in [-0.05, 0) is 53.6 Å². The minimum atomic E-state index is 0.0661. The van der Waals surface area contributed by atoms with E-state index in [-0.39, 0.29) is 24.7 Å². The molecule has 3 unspecified atom stereocenters. The maximum absolute atomic E-state index is 13.0. The van der Waals surface area contributed by atoms with Gasteiger partial charge in [0.1, 0.15) is 6.61 Å². The van der Waals surface area contributed by atoms with Crippen molar-refractivity contribution in [1.29, 1.82) is 0 Å². The van der Waals surface area contributed by atoms with Crippen molar-refractivity contribution in [3.8, 4) is 0 Å². The molecule has 0 spiro atoms. The van der Waals surface area contributed by atoms with Crippen molar-refractivity contribution in [2.75, 3.05) is 13.2 Å². The fourth-order valence-electron chi connectivity index (χ4n) is 4.14. The maximum Gasteiger partial charge on any atom is 0.249 e. The summed E-state index contributed by atoms with van der Waals surface area (Å²) in [7, 11) is 0. The molecule has 0 saturated heterocycles. The average Bonchev–Trinajstić information content (AvgIpc) is 3.30. The van der Waals surface area contributed by atoms with Crippen LogP contribution in [0.4, 0.5) is 0 Å². The molecule has 1 saturated carbocycles. The molecule has 3 nitrogen and oxygen atoms in total. The van der Waals surface area contributed by atoms with Crippen molar-refractivity contribution in [3.63, 3.8) is 0 Å². The second-order valence-corrected chi connectivity index (χ2v) is 9.24. The van der Waals surface area contributed by atoms with E-state index in [1.54, 1.807) is 11.3 Å². The molecule has 2 aromatic rings. The van der Waals surface area contributed by atoms with E-state index in [2.05, 4.69) is 35.9 Å². The molecule has 0 radical (unpaired) electrons. The van der Waals surface area contributed by atoms with Crippen molar-refractivity contribution >= 4 is 28.6 Å². The lowest BCUT2D eigenvalue weighted by molar-refractivity contribution is -0.141. The highest BCUT2D eigenvalue weighted by Gasteiger charge is 2.33. The summed E-state index contributed by atoms with van der Waals surface area (Å²) in [6.07, 6.45) is 5.92. The van der Waals surface area contributed by atoms with E-state index in [0.29, 0.717) is 0 Å². The highest BCUT2D eigenvalue weighted by molar-refractivity contribution is 7.10. The highest BCUT2D eigenvalue weighted by Crippen LogP contribution is 2.39. The largest absolute Gasteiger partial charge is 0.368 e. The zero-order valence-corrected chi connectivity index (χ0v) is 16.3. The van der Waals surface area contributed by atoms with Crippen LogP contribution in [0.25, 0.3) is 0 Å². The van der Waals surface area contributed by atoms with Gasteiger partial charge in [0.15, 0.2) is 0 Å². The van der Waals surface area contributed by atoms with Crippen LogP contribution in [0.5, 0.6) is 0 Å². The first kappa shape index (κ1) is 17.3. The first-order chi connectivity index (χ1) is 12.2. The lowest BCUT2D eigenvalue weighted by Crippen LogP contribution is -2.42. The number of carbonyl (C=O) groups excluding carboxylic acids is 1. The van der Waals surface area contributed by atoms with E-state index in [4.69, 9.17) is 4.74 Å². The van der Waals surface area contributed by atoms with Crippen LogP contribution >= 0.6 is 22.7 Å². The molecular formula is C20H25NO2S2. The summed E-state index contributed by atoms with van der Waals surface area (Å²) in [6.45, 7) is 3.30. The van der Waals surface area contributed by atoms with Gasteiger partial charge in [0.25, 0.3) is 0 Å². The second kappa shape index (κ2) is 7.60. The van der Waals surface area contributed by atoms with Crippen molar-refractivity contribution in [2.24, 2.45) is 5.92 Å². The zero-order chi connectivity index (χ0) is 17.2. The number of amides is 1. The fraction of sp³-hybridized carbons (Fsp3) is 0.550. The lowest BCUT2D eigenvalue weighted by atomic mass is 9.89. The van der Waals surface area contributed by atoms with E-state index in [0.717, 1.165) is 31.7 Å². The zero-order valence-electron chi connectivity index (χ0n) is 14.6. The quantitative estimate of drug-likeness (QED) is 0.762. The van der Waals surface area contributed by atoms with Crippen molar-refractivity contribution in [3.05, 3.63) is 44.3 Å². The van der Waals surface area contributed by atoms with E-state index >= 15 is 0 Å². The lowest BCUT2D eigenvalue weighted by Gasteiger charge is -2.36. The maximum atomic E-state index is 13.0. The monoisotopic (exact) mass is 375 g/mol. The number of hydrogen-bond donors (Lipinski definition) is 0. The molecule has 5 heteroatoms. The molecule has 134 valence electrons. The van der Waals surface area contributed by atoms with Gasteiger partial charge >= 0.3 is 0 Å². The Morgan fingerprint density at radius 2 is 2.20 bits per heavy atom. The molecule has 3 heterocycles. The molecule has 1 aliphatic carbocycles. The molecule has 1 amide bonds. The van der Waals surface area contributed by atoms with Gasteiger partial charge < -0.3 is 9.64 Å². The Balaban J connectivity index is 1.47. The van der Waals surface area contributed by atoms with Gasteiger partial charge in [-0.15, -0.1) is 22.7 Å². The Kier molecular flexibility index (Phi) is 5.25. The number of carbonyl (C=O) groups is 1. The molecule has 0 N–H and O–H groups in total. The van der Waals surface area contributed by atoms with E-state index in [1.807, 2.05) is 16.2 Å². The normalized spacial score (nSPS) is 26.4. The predicted octanol–water partition coefficient (Wildman–Crippen LogP) is 4.88. The Hall–Kier alpha value is -1.17. The fourth-order valence-corrected chi connectivity index (χ4v) is 5.90. The molecule has 2 aliphatic rings. The van der Waals surface area contributed by atoms with E-state index < -0.39 is 0 Å². The molecule has 2 aromatic heterocycles. The highest BCUT2D eigenvalue weighted by atomic mass is 32.1. The van der Waals surface area contributed by atoms with Crippen molar-refractivity contribution in [2.45, 2.75) is 51.2 Å². The molecule has 1 fully saturated rings. The first-order valence-corrected chi connectivity index (χ1v) is 11.0. The summed E-state index contributed by atoms with van der Waals surface area (Å²) >= 11 is 3.55. The molecule has 25 heavy (non-hydrogen) atoms. The van der Waals surface area contributed by atoms with Crippen LogP contribution in [-0.2, 0) is 16.0 Å². The molecule has 0 aromatic carbocycles. The molecule has 3 atom stereocenters. The van der Waals surface area contributed by atoms with Gasteiger partial charge in [-0.1, -0.05) is 25.8 Å². The van der Waals surface area contributed by atoms with E-state index in [9.17, 15) is 4.79 Å². The summed E-state index contributed by atoms with van der Waals surface area (Å²) in [6, 6.07) is 6.47. The van der Waals surface area contributed by atoms with Crippen LogP contribution in [0.15, 0.2) is 29.0 Å². The standard InChI is InChI=1S/C20H25NO2S2/c1-14-4-2-5-15(12-14)23-13-19(22)21-9-7-17-16(8-11-25-17)20(21)18-6-3-10-24-18/h3,6,8,10-11,14-15,20H,2,4-5,7,9,12-13H2,1H3. The summed E-state index contributed by atoms with van der Waals surface area (Å²) in [5.41, 5.74) is 1.30. The van der Waals surface area contributed by atoms with Crippen LogP contribution in [0.1, 0.15) is 54.0 Å². The number of rotatable bonds is 4. The number of ether oxygens (including phenoxy) is 1. The van der Waals surface area contributed by atoms with Crippen LogP contribution < -0.4 is 0 Å². The Morgan fingerprint density at radius 1 is 1.28 bits per heavy atom. The third-order valence-electron chi connectivity index (χ3n) is 5.43. The number of fused-ring (bicyclic) bond motifs is 1. The Bertz CT molecular complexity index is 709. The second-order valence-electron chi connectivity index (χ2n) is 7.26. The van der Waals surface area contributed by atoms with Crippen LogP contribution in [0, 0.1) is 5.92 Å². The minimum absolute atomic E-state index is 0.0661. The third kappa shape index (κ3) is 3.69. The summed E-state index contributed by atoms with van der Waals surface area (Å²) < 4.78 is 6.02. The topological polar surface area (TPSA) is 29.5 Å². The van der Waals surface area contributed by atoms with Gasteiger partial charge in [-0.2, -0.15) is 0 Å². The summed E-state index contributed by atoms with van der Waals surface area (Å²) in [5.74, 6) is 0.851. The SMILES string of the molecule is CC1CCCC(OCC(=O)N2CCc3sccc3C2c2cccs2)C1. The van der Waals surface area contributed by atoms with Crippen LogP contribution in [0.3, 0.4) is 0 Å². The van der Waals surface area contributed by atoms with Gasteiger partial charge in [0, 0.05) is 16.3 Å². The molecular weight excluding hydrogens is 350 g/mol. The van der Waals surface area contributed by atoms with Crippen LogP contribution in [-0.4, -0.2) is 30.1 Å². The number of nitrogens with zero attached hydrogens (tertiary/aromatic N) is 1. The minimum Gasteiger partial charge on any atom is -0.368 e. The van der Waals surface area contributed by atoms with Gasteiger partial charge in [0.2, 0.25) is 5.91 Å². The summed E-state index contributed by atoms with van der Waals surface area (Å²) in [5, 5.41) is 4.25. The van der Waals surface area contributed by atoms with Gasteiger partial charge in [-0.3, -0.25) is 4.79 Å². The third-order valence-corrected chi connectivity index (χ3v) is 7.35. The van der Waals surface area contributed by atoms with Gasteiger partial charge in [0.05, 0.1) is 12.1 Å². The van der Waals surface area contributed by atoms with Gasteiger partial charge in [-0.25, -0.2) is 0 Å². The average molecular weight is 376 g/mol.